The van der Waals surface area contributed by atoms with E-state index in [9.17, 15) is 29.0 Å². The zero-order valence-corrected chi connectivity index (χ0v) is 27.4. The van der Waals surface area contributed by atoms with Crippen molar-refractivity contribution in [1.82, 2.24) is 14.7 Å². The highest BCUT2D eigenvalue weighted by molar-refractivity contribution is 5.70. The van der Waals surface area contributed by atoms with Gasteiger partial charge in [0, 0.05) is 44.6 Å². The van der Waals surface area contributed by atoms with Crippen molar-refractivity contribution in [3.63, 3.8) is 0 Å². The minimum atomic E-state index is -1.48. The van der Waals surface area contributed by atoms with Gasteiger partial charge in [-0.3, -0.25) is 4.79 Å². The van der Waals surface area contributed by atoms with Crippen LogP contribution < -0.4 is 0 Å². The molecule has 0 saturated carbocycles. The van der Waals surface area contributed by atoms with Gasteiger partial charge in [0.15, 0.2) is 6.10 Å². The lowest BCUT2D eigenvalue weighted by atomic mass is 9.89. The summed E-state index contributed by atoms with van der Waals surface area (Å²) in [6.45, 7) is 9.71. The summed E-state index contributed by atoms with van der Waals surface area (Å²) < 4.78 is 30.2. The molecule has 0 aromatic carbocycles. The maximum atomic E-state index is 13.1. The number of piperazine rings is 1. The highest BCUT2D eigenvalue weighted by atomic mass is 19.1. The maximum Gasteiger partial charge on any atom is 0.410 e. The third-order valence-electron chi connectivity index (χ3n) is 8.82. The summed E-state index contributed by atoms with van der Waals surface area (Å²) in [5, 5.41) is 21.9. The molecule has 3 heterocycles. The minimum Gasteiger partial charge on any atom is -0.457 e. The van der Waals surface area contributed by atoms with E-state index >= 15 is 0 Å². The van der Waals surface area contributed by atoms with Crippen LogP contribution in [0.4, 0.5) is 14.0 Å². The molecule has 2 saturated heterocycles. The van der Waals surface area contributed by atoms with Crippen molar-refractivity contribution in [3.05, 3.63) is 36.0 Å². The van der Waals surface area contributed by atoms with Crippen molar-refractivity contribution in [3.8, 4) is 0 Å². The number of carbonyl (C=O) groups is 3. The monoisotopic (exact) mass is 637 g/mol. The standard InChI is InChI=1S/C33H52FN3O8/c1-23(22-43-32(41)37-15-7-10-26(37)21-34)8-6-9-24(2)30-25(3)11-12-28(44-31(40)36-18-16-35(5)17-19-36)33(4,42)14-13-27(38)20-29(39)45-30/h6,8-9,11-12,23,25-28,30,38,42H,7,10,13-22H2,1-5H3/b8-6+,12-11-,24-9+/t23-,25+,26+,27-,28+,30-,33-/m1/s1. The number of likely N-dealkylation sites (tertiary alicyclic amines) is 1. The number of alkyl halides is 1. The molecule has 2 N–H and O–H groups in total. The van der Waals surface area contributed by atoms with Gasteiger partial charge < -0.3 is 39.1 Å². The quantitative estimate of drug-likeness (QED) is 0.185. The van der Waals surface area contributed by atoms with E-state index < -0.39 is 54.8 Å². The number of carbonyl (C=O) groups excluding carboxylic acids is 3. The Morgan fingerprint density at radius 3 is 2.58 bits per heavy atom. The normalized spacial score (nSPS) is 32.4. The molecule has 0 unspecified atom stereocenters. The topological polar surface area (TPSA) is 129 Å². The number of nitrogens with zero attached hydrogens (tertiary/aromatic N) is 3. The van der Waals surface area contributed by atoms with Crippen LogP contribution >= 0.6 is 0 Å². The van der Waals surface area contributed by atoms with Gasteiger partial charge in [-0.05, 0) is 58.2 Å². The summed E-state index contributed by atoms with van der Waals surface area (Å²) in [5.41, 5.74) is -0.750. The Morgan fingerprint density at radius 2 is 1.89 bits per heavy atom. The van der Waals surface area contributed by atoms with Crippen LogP contribution in [0, 0.1) is 11.8 Å². The molecule has 0 spiro atoms. The number of hydrogen-bond acceptors (Lipinski definition) is 9. The molecule has 7 atom stereocenters. The first-order chi connectivity index (χ1) is 21.3. The van der Waals surface area contributed by atoms with Crippen LogP contribution in [0.25, 0.3) is 0 Å². The van der Waals surface area contributed by atoms with Gasteiger partial charge in [0.2, 0.25) is 0 Å². The van der Waals surface area contributed by atoms with Crippen LogP contribution in [-0.2, 0) is 19.0 Å². The van der Waals surface area contributed by atoms with E-state index in [2.05, 4.69) is 4.90 Å². The highest BCUT2D eigenvalue weighted by Gasteiger charge is 2.37. The predicted octanol–water partition coefficient (Wildman–Crippen LogP) is 3.85. The summed E-state index contributed by atoms with van der Waals surface area (Å²) in [5.74, 6) is -1.04. The van der Waals surface area contributed by atoms with Crippen LogP contribution in [-0.4, -0.2) is 126 Å². The largest absolute Gasteiger partial charge is 0.457 e. The number of likely N-dealkylation sites (N-methyl/N-ethyl adjacent to an activating group) is 1. The lowest BCUT2D eigenvalue weighted by Gasteiger charge is -2.36. The van der Waals surface area contributed by atoms with Gasteiger partial charge in [-0.1, -0.05) is 38.2 Å². The molecular weight excluding hydrogens is 585 g/mol. The summed E-state index contributed by atoms with van der Waals surface area (Å²) in [6, 6.07) is -0.412. The third-order valence-corrected chi connectivity index (χ3v) is 8.82. The Bertz CT molecular complexity index is 1090. The summed E-state index contributed by atoms with van der Waals surface area (Å²) in [6.07, 6.45) is 6.56. The second-order valence-electron chi connectivity index (χ2n) is 13.0. The molecule has 3 aliphatic heterocycles. The molecule has 3 aliphatic rings. The van der Waals surface area contributed by atoms with Crippen molar-refractivity contribution in [2.24, 2.45) is 11.8 Å². The molecule has 12 heteroatoms. The molecule has 3 rings (SSSR count). The van der Waals surface area contributed by atoms with E-state index in [1.165, 1.54) is 4.90 Å². The average Bonchev–Trinajstić information content (AvgIpc) is 3.48. The lowest BCUT2D eigenvalue weighted by Crippen LogP contribution is -2.50. The van der Waals surface area contributed by atoms with Gasteiger partial charge in [-0.2, -0.15) is 0 Å². The van der Waals surface area contributed by atoms with Crippen LogP contribution in [0.15, 0.2) is 36.0 Å². The number of aliphatic hydroxyl groups excluding tert-OH is 1. The molecule has 2 amide bonds. The highest BCUT2D eigenvalue weighted by Crippen LogP contribution is 2.27. The summed E-state index contributed by atoms with van der Waals surface area (Å²) in [7, 11) is 1.99. The number of amides is 2. The van der Waals surface area contributed by atoms with Crippen LogP contribution in [0.2, 0.25) is 0 Å². The van der Waals surface area contributed by atoms with E-state index in [0.29, 0.717) is 26.1 Å². The molecule has 0 aliphatic carbocycles. The maximum absolute atomic E-state index is 13.1. The minimum absolute atomic E-state index is 0.107. The molecule has 2 fully saturated rings. The molecule has 45 heavy (non-hydrogen) atoms. The summed E-state index contributed by atoms with van der Waals surface area (Å²) >= 11 is 0. The van der Waals surface area contributed by atoms with Crippen molar-refractivity contribution >= 4 is 18.2 Å². The Morgan fingerprint density at radius 1 is 1.18 bits per heavy atom. The Kier molecular flexibility index (Phi) is 13.9. The van der Waals surface area contributed by atoms with Crippen molar-refractivity contribution in [1.29, 1.82) is 0 Å². The van der Waals surface area contributed by atoms with Crippen molar-refractivity contribution in [2.45, 2.75) is 89.8 Å². The Hall–Kier alpha value is -2.96. The summed E-state index contributed by atoms with van der Waals surface area (Å²) in [4.78, 5) is 43.3. The molecule has 11 nitrogen and oxygen atoms in total. The Labute approximate surface area is 266 Å². The zero-order chi connectivity index (χ0) is 33.1. The van der Waals surface area contributed by atoms with E-state index in [1.807, 2.05) is 40.0 Å². The van der Waals surface area contributed by atoms with Gasteiger partial charge >= 0.3 is 18.2 Å². The van der Waals surface area contributed by atoms with Crippen molar-refractivity contribution in [2.75, 3.05) is 53.1 Å². The van der Waals surface area contributed by atoms with Gasteiger partial charge in [0.05, 0.1) is 25.2 Å². The molecular formula is C33H52FN3O8. The number of ether oxygens (including phenoxy) is 3. The molecule has 0 radical (unpaired) electrons. The van der Waals surface area contributed by atoms with E-state index in [0.717, 1.165) is 25.1 Å². The van der Waals surface area contributed by atoms with Crippen LogP contribution in [0.3, 0.4) is 0 Å². The first kappa shape index (κ1) is 36.5. The first-order valence-electron chi connectivity index (χ1n) is 16.1. The fourth-order valence-electron chi connectivity index (χ4n) is 5.69. The lowest BCUT2D eigenvalue weighted by molar-refractivity contribution is -0.151. The predicted molar refractivity (Wildman–Crippen MR) is 167 cm³/mol. The number of cyclic esters (lactones) is 1. The van der Waals surface area contributed by atoms with Crippen LogP contribution in [0.1, 0.15) is 59.8 Å². The second-order valence-corrected chi connectivity index (χ2v) is 13.0. The van der Waals surface area contributed by atoms with Crippen LogP contribution in [0.5, 0.6) is 0 Å². The fourth-order valence-corrected chi connectivity index (χ4v) is 5.69. The number of rotatable bonds is 7. The van der Waals surface area contributed by atoms with Gasteiger partial charge in [-0.15, -0.1) is 0 Å². The Balaban J connectivity index is 1.70. The number of aliphatic hydroxyl groups is 2. The van der Waals surface area contributed by atoms with E-state index in [-0.39, 0.29) is 37.7 Å². The second kappa shape index (κ2) is 17.1. The number of esters is 1. The third kappa shape index (κ3) is 11.1. The first-order valence-corrected chi connectivity index (χ1v) is 16.1. The van der Waals surface area contributed by atoms with Gasteiger partial charge in [0.1, 0.15) is 18.4 Å². The number of hydrogen-bond donors (Lipinski definition) is 2. The zero-order valence-electron chi connectivity index (χ0n) is 27.4. The molecule has 254 valence electrons. The molecule has 0 aromatic heterocycles. The van der Waals surface area contributed by atoms with E-state index in [4.69, 9.17) is 14.2 Å². The van der Waals surface area contributed by atoms with E-state index in [1.54, 1.807) is 30.1 Å². The fraction of sp³-hybridized carbons (Fsp3) is 0.727. The SMILES string of the molecule is C/C(=C\C=C\[C@@H](C)COC(=O)N1CCC[C@H]1CF)[C@H]1OC(=O)C[C@H](O)CC[C@@](C)(O)[C@@H](OC(=O)N2CCN(C)CC2)/C=C\[C@@H]1C. The average molecular weight is 638 g/mol. The van der Waals surface area contributed by atoms with Crippen molar-refractivity contribution < 1.29 is 43.2 Å². The number of halogens is 1. The van der Waals surface area contributed by atoms with Gasteiger partial charge in [0.25, 0.3) is 0 Å². The van der Waals surface area contributed by atoms with Gasteiger partial charge in [-0.25, -0.2) is 14.0 Å². The smallest absolute Gasteiger partial charge is 0.410 e. The molecule has 0 bridgehead atoms. The molecule has 0 aromatic rings. The number of allylic oxidation sites excluding steroid dienone is 2.